The number of aromatic amines is 1. The van der Waals surface area contributed by atoms with Crippen LogP contribution in [0, 0.1) is 11.7 Å². The molecule has 1 aromatic heterocycles. The summed E-state index contributed by atoms with van der Waals surface area (Å²) in [7, 11) is 0. The fraction of sp³-hybridized carbons (Fsp3) is 0.273. The third kappa shape index (κ3) is 3.63. The summed E-state index contributed by atoms with van der Waals surface area (Å²) in [5.74, 6) is -0.317. The van der Waals surface area contributed by atoms with Crippen molar-refractivity contribution in [2.75, 3.05) is 13.1 Å². The first-order chi connectivity index (χ1) is 13.1. The SMILES string of the molecule is O=C(c1ccc(F)cc1)C1CCN(C(=O)Cc2c[nH]c3ccccc23)CC1. The van der Waals surface area contributed by atoms with E-state index in [-0.39, 0.29) is 23.4 Å². The van der Waals surface area contributed by atoms with Gasteiger partial charge in [0, 0.05) is 41.7 Å². The number of H-pyrrole nitrogens is 1. The van der Waals surface area contributed by atoms with E-state index in [0.717, 1.165) is 16.5 Å². The summed E-state index contributed by atoms with van der Waals surface area (Å²) in [5, 5.41) is 1.08. The number of amides is 1. The average molecular weight is 364 g/mol. The van der Waals surface area contributed by atoms with Crippen molar-refractivity contribution in [1.82, 2.24) is 9.88 Å². The molecule has 0 saturated carbocycles. The molecule has 27 heavy (non-hydrogen) atoms. The van der Waals surface area contributed by atoms with E-state index in [2.05, 4.69) is 4.98 Å². The Labute approximate surface area is 157 Å². The zero-order chi connectivity index (χ0) is 18.8. The first-order valence-corrected chi connectivity index (χ1v) is 9.24. The second kappa shape index (κ2) is 7.35. The van der Waals surface area contributed by atoms with Crippen LogP contribution in [-0.4, -0.2) is 34.7 Å². The van der Waals surface area contributed by atoms with Gasteiger partial charge >= 0.3 is 0 Å². The lowest BCUT2D eigenvalue weighted by molar-refractivity contribution is -0.131. The molecule has 0 spiro atoms. The third-order valence-corrected chi connectivity index (χ3v) is 5.36. The van der Waals surface area contributed by atoms with Crippen molar-refractivity contribution >= 4 is 22.6 Å². The van der Waals surface area contributed by atoms with Gasteiger partial charge in [0.15, 0.2) is 5.78 Å². The topological polar surface area (TPSA) is 53.2 Å². The smallest absolute Gasteiger partial charge is 0.227 e. The number of nitrogens with zero attached hydrogens (tertiary/aromatic N) is 1. The molecule has 1 aliphatic rings. The van der Waals surface area contributed by atoms with Gasteiger partial charge in [-0.25, -0.2) is 4.39 Å². The number of benzene rings is 2. The molecule has 4 nitrogen and oxygen atoms in total. The Morgan fingerprint density at radius 1 is 1.04 bits per heavy atom. The molecule has 1 saturated heterocycles. The minimum Gasteiger partial charge on any atom is -0.361 e. The molecule has 0 aliphatic carbocycles. The van der Waals surface area contributed by atoms with Crippen LogP contribution >= 0.6 is 0 Å². The molecule has 2 heterocycles. The van der Waals surface area contributed by atoms with Crippen LogP contribution in [0.2, 0.25) is 0 Å². The van der Waals surface area contributed by atoms with Gasteiger partial charge < -0.3 is 9.88 Å². The van der Waals surface area contributed by atoms with E-state index in [9.17, 15) is 14.0 Å². The van der Waals surface area contributed by atoms with Crippen molar-refractivity contribution in [1.29, 1.82) is 0 Å². The van der Waals surface area contributed by atoms with Crippen molar-refractivity contribution < 1.29 is 14.0 Å². The Morgan fingerprint density at radius 2 is 1.74 bits per heavy atom. The number of aromatic nitrogens is 1. The number of piperidine rings is 1. The summed E-state index contributed by atoms with van der Waals surface area (Å²) in [5.41, 5.74) is 2.57. The molecule has 0 unspecified atom stereocenters. The van der Waals surface area contributed by atoms with Gasteiger partial charge in [-0.3, -0.25) is 9.59 Å². The number of para-hydroxylation sites is 1. The van der Waals surface area contributed by atoms with Crippen molar-refractivity contribution in [2.24, 2.45) is 5.92 Å². The van der Waals surface area contributed by atoms with E-state index in [1.165, 1.54) is 24.3 Å². The van der Waals surface area contributed by atoms with E-state index in [1.807, 2.05) is 35.4 Å². The second-order valence-corrected chi connectivity index (χ2v) is 7.06. The average Bonchev–Trinajstić information content (AvgIpc) is 3.11. The normalized spacial score (nSPS) is 15.2. The largest absolute Gasteiger partial charge is 0.361 e. The molecular weight excluding hydrogens is 343 g/mol. The van der Waals surface area contributed by atoms with E-state index in [4.69, 9.17) is 0 Å². The molecule has 1 fully saturated rings. The number of nitrogens with one attached hydrogen (secondary N) is 1. The van der Waals surface area contributed by atoms with Crippen LogP contribution in [0.4, 0.5) is 4.39 Å². The number of Topliss-reactive ketones (excluding diaryl/α,β-unsaturated/α-hetero) is 1. The predicted octanol–water partition coefficient (Wildman–Crippen LogP) is 3.97. The van der Waals surface area contributed by atoms with Crippen LogP contribution in [0.3, 0.4) is 0 Å². The molecule has 4 rings (SSSR count). The fourth-order valence-electron chi connectivity index (χ4n) is 3.79. The zero-order valence-corrected chi connectivity index (χ0v) is 15.0. The van der Waals surface area contributed by atoms with Crippen LogP contribution in [0.25, 0.3) is 10.9 Å². The molecule has 0 bridgehead atoms. The number of hydrogen-bond acceptors (Lipinski definition) is 2. The molecule has 0 atom stereocenters. The lowest BCUT2D eigenvalue weighted by Crippen LogP contribution is -2.41. The van der Waals surface area contributed by atoms with Gasteiger partial charge in [0.2, 0.25) is 5.91 Å². The number of halogens is 1. The van der Waals surface area contributed by atoms with Crippen molar-refractivity contribution in [3.63, 3.8) is 0 Å². The highest BCUT2D eigenvalue weighted by molar-refractivity contribution is 5.98. The molecule has 2 aromatic carbocycles. The molecule has 1 N–H and O–H groups in total. The molecule has 138 valence electrons. The number of hydrogen-bond donors (Lipinski definition) is 1. The zero-order valence-electron chi connectivity index (χ0n) is 15.0. The summed E-state index contributed by atoms with van der Waals surface area (Å²) >= 11 is 0. The lowest BCUT2D eigenvalue weighted by Gasteiger charge is -2.31. The number of rotatable bonds is 4. The first kappa shape index (κ1) is 17.5. The standard InChI is InChI=1S/C22H21FN2O2/c23-18-7-5-15(6-8-18)22(27)16-9-11-25(12-10-16)21(26)13-17-14-24-20-4-2-1-3-19(17)20/h1-8,14,16,24H,9-13H2. The maximum Gasteiger partial charge on any atom is 0.227 e. The number of fused-ring (bicyclic) bond motifs is 1. The Morgan fingerprint density at radius 3 is 2.48 bits per heavy atom. The minimum absolute atomic E-state index is 0.0405. The Kier molecular flexibility index (Phi) is 4.75. The quantitative estimate of drug-likeness (QED) is 0.712. The highest BCUT2D eigenvalue weighted by atomic mass is 19.1. The van der Waals surface area contributed by atoms with Crippen LogP contribution < -0.4 is 0 Å². The van der Waals surface area contributed by atoms with Crippen LogP contribution in [0.1, 0.15) is 28.8 Å². The number of carbonyl (C=O) groups is 2. The summed E-state index contributed by atoms with van der Waals surface area (Å²) in [6, 6.07) is 13.6. The van der Waals surface area contributed by atoms with E-state index >= 15 is 0 Å². The number of ketones is 1. The predicted molar refractivity (Wildman–Crippen MR) is 102 cm³/mol. The lowest BCUT2D eigenvalue weighted by atomic mass is 9.88. The number of carbonyl (C=O) groups excluding carboxylic acids is 2. The van der Waals surface area contributed by atoms with Crippen LogP contribution in [0.5, 0.6) is 0 Å². The van der Waals surface area contributed by atoms with Gasteiger partial charge in [-0.15, -0.1) is 0 Å². The van der Waals surface area contributed by atoms with Crippen LogP contribution in [-0.2, 0) is 11.2 Å². The number of likely N-dealkylation sites (tertiary alicyclic amines) is 1. The van der Waals surface area contributed by atoms with Crippen molar-refractivity contribution in [3.05, 3.63) is 71.7 Å². The van der Waals surface area contributed by atoms with Crippen LogP contribution in [0.15, 0.2) is 54.7 Å². The first-order valence-electron chi connectivity index (χ1n) is 9.24. The van der Waals surface area contributed by atoms with Crippen molar-refractivity contribution in [2.45, 2.75) is 19.3 Å². The van der Waals surface area contributed by atoms with Gasteiger partial charge in [0.25, 0.3) is 0 Å². The summed E-state index contributed by atoms with van der Waals surface area (Å²) in [6.07, 6.45) is 3.56. The Balaban J connectivity index is 1.36. The third-order valence-electron chi connectivity index (χ3n) is 5.36. The van der Waals surface area contributed by atoms with Gasteiger partial charge in [0.05, 0.1) is 6.42 Å². The molecular formula is C22H21FN2O2. The molecule has 1 aliphatic heterocycles. The Bertz CT molecular complexity index is 969. The van der Waals surface area contributed by atoms with E-state index in [1.54, 1.807) is 0 Å². The van der Waals surface area contributed by atoms with Gasteiger partial charge in [-0.05, 0) is 48.7 Å². The molecule has 5 heteroatoms. The maximum atomic E-state index is 13.0. The molecule has 0 radical (unpaired) electrons. The van der Waals surface area contributed by atoms with Gasteiger partial charge in [-0.2, -0.15) is 0 Å². The monoisotopic (exact) mass is 364 g/mol. The minimum atomic E-state index is -0.343. The molecule has 1 amide bonds. The van der Waals surface area contributed by atoms with E-state index in [0.29, 0.717) is 37.9 Å². The summed E-state index contributed by atoms with van der Waals surface area (Å²) in [4.78, 5) is 30.3. The van der Waals surface area contributed by atoms with Gasteiger partial charge in [0.1, 0.15) is 5.82 Å². The Hall–Kier alpha value is -2.95. The molecule has 3 aromatic rings. The summed E-state index contributed by atoms with van der Waals surface area (Å²) in [6.45, 7) is 1.16. The highest BCUT2D eigenvalue weighted by Gasteiger charge is 2.28. The second-order valence-electron chi connectivity index (χ2n) is 7.06. The van der Waals surface area contributed by atoms with Gasteiger partial charge in [-0.1, -0.05) is 18.2 Å². The summed E-state index contributed by atoms with van der Waals surface area (Å²) < 4.78 is 13.0. The maximum absolute atomic E-state index is 13.0. The van der Waals surface area contributed by atoms with E-state index < -0.39 is 0 Å². The van der Waals surface area contributed by atoms with Crippen molar-refractivity contribution in [3.8, 4) is 0 Å². The fourth-order valence-corrected chi connectivity index (χ4v) is 3.79. The highest BCUT2D eigenvalue weighted by Crippen LogP contribution is 2.24.